The summed E-state index contributed by atoms with van der Waals surface area (Å²) in [6.07, 6.45) is 3.73. The Bertz CT molecular complexity index is 141. The largest absolute Gasteiger partial charge is 0.315 e. The van der Waals surface area contributed by atoms with E-state index in [0.717, 1.165) is 32.4 Å². The predicted octanol–water partition coefficient (Wildman–Crippen LogP) is 0.669. The zero-order chi connectivity index (χ0) is 8.81. The van der Waals surface area contributed by atoms with E-state index in [1.54, 1.807) is 0 Å². The molecule has 1 fully saturated rings. The summed E-state index contributed by atoms with van der Waals surface area (Å²) in [7, 11) is 0. The van der Waals surface area contributed by atoms with Gasteiger partial charge in [-0.05, 0) is 25.8 Å². The molecule has 12 heavy (non-hydrogen) atoms. The lowest BCUT2D eigenvalue weighted by Crippen LogP contribution is -2.41. The van der Waals surface area contributed by atoms with E-state index in [2.05, 4.69) is 10.6 Å². The van der Waals surface area contributed by atoms with Crippen LogP contribution >= 0.6 is 0 Å². The van der Waals surface area contributed by atoms with Crippen LogP contribution in [0.4, 0.5) is 0 Å². The van der Waals surface area contributed by atoms with Crippen LogP contribution in [0.15, 0.2) is 0 Å². The quantitative estimate of drug-likeness (QED) is 0.674. The van der Waals surface area contributed by atoms with Gasteiger partial charge in [0.05, 0.1) is 6.04 Å². The van der Waals surface area contributed by atoms with E-state index in [0.29, 0.717) is 6.42 Å². The average molecular weight is 169 g/mol. The molecule has 0 aromatic carbocycles. The zero-order valence-corrected chi connectivity index (χ0v) is 7.68. The lowest BCUT2D eigenvalue weighted by Gasteiger charge is -2.21. The molecule has 1 aliphatic rings. The fourth-order valence-corrected chi connectivity index (χ4v) is 1.43. The van der Waals surface area contributed by atoms with Gasteiger partial charge in [0.15, 0.2) is 0 Å². The van der Waals surface area contributed by atoms with Crippen LogP contribution in [0.1, 0.15) is 32.6 Å². The molecule has 0 saturated carbocycles. The van der Waals surface area contributed by atoms with Crippen LogP contribution in [0.25, 0.3) is 0 Å². The summed E-state index contributed by atoms with van der Waals surface area (Å²) in [5.74, 6) is 0.0752. The molecular weight excluding hydrogens is 152 g/mol. The Morgan fingerprint density at radius 1 is 1.67 bits per heavy atom. The Labute approximate surface area is 73.9 Å². The van der Waals surface area contributed by atoms with E-state index in [4.69, 9.17) is 0 Å². The first-order valence-corrected chi connectivity index (χ1v) is 4.77. The number of nitrogens with one attached hydrogen (secondary N) is 1. The summed E-state index contributed by atoms with van der Waals surface area (Å²) >= 11 is 0. The topological polar surface area (TPSA) is 43.2 Å². The summed E-state index contributed by atoms with van der Waals surface area (Å²) in [6.45, 7) is 3.97. The molecule has 1 rings (SSSR count). The molecule has 1 atom stereocenters. The molecular formula is C9H17N2O. The van der Waals surface area contributed by atoms with Crippen molar-refractivity contribution in [1.29, 1.82) is 0 Å². The molecule has 1 aliphatic heterocycles. The molecule has 1 saturated heterocycles. The molecule has 69 valence electrons. The number of piperidine rings is 1. The number of carbonyl (C=O) groups is 1. The number of nitrogens with zero attached hydrogens (tertiary/aromatic N) is 1. The fraction of sp³-hybridized carbons (Fsp3) is 0.889. The van der Waals surface area contributed by atoms with Crippen molar-refractivity contribution in [2.24, 2.45) is 0 Å². The van der Waals surface area contributed by atoms with Gasteiger partial charge in [-0.2, -0.15) is 0 Å². The molecule has 0 aromatic rings. The third kappa shape index (κ3) is 3.22. The summed E-state index contributed by atoms with van der Waals surface area (Å²) in [6, 6.07) is 0.248. The van der Waals surface area contributed by atoms with Crippen molar-refractivity contribution in [3.63, 3.8) is 0 Å². The van der Waals surface area contributed by atoms with Gasteiger partial charge in [0, 0.05) is 13.0 Å². The van der Waals surface area contributed by atoms with Crippen molar-refractivity contribution in [2.75, 3.05) is 13.1 Å². The van der Waals surface area contributed by atoms with Crippen molar-refractivity contribution in [3.05, 3.63) is 0 Å². The number of hydrogen-bond acceptors (Lipinski definition) is 2. The predicted molar refractivity (Wildman–Crippen MR) is 47.9 cm³/mol. The fourth-order valence-electron chi connectivity index (χ4n) is 1.43. The van der Waals surface area contributed by atoms with E-state index in [1.165, 1.54) is 0 Å². The molecule has 1 radical (unpaired) electrons. The van der Waals surface area contributed by atoms with Gasteiger partial charge < -0.3 is 5.32 Å². The van der Waals surface area contributed by atoms with E-state index in [-0.39, 0.29) is 11.9 Å². The molecule has 1 unspecified atom stereocenters. The highest BCUT2D eigenvalue weighted by molar-refractivity contribution is 5.75. The number of carbonyl (C=O) groups excluding carboxylic acids is 1. The van der Waals surface area contributed by atoms with Gasteiger partial charge in [0.25, 0.3) is 0 Å². The molecule has 0 bridgehead atoms. The van der Waals surface area contributed by atoms with Crippen molar-refractivity contribution in [1.82, 2.24) is 10.6 Å². The molecule has 0 spiro atoms. The van der Waals surface area contributed by atoms with Gasteiger partial charge in [-0.1, -0.05) is 6.92 Å². The van der Waals surface area contributed by atoms with Gasteiger partial charge in [-0.3, -0.25) is 4.79 Å². The van der Waals surface area contributed by atoms with Crippen molar-refractivity contribution >= 4 is 5.91 Å². The Balaban J connectivity index is 2.15. The van der Waals surface area contributed by atoms with Crippen molar-refractivity contribution < 1.29 is 4.79 Å². The lowest BCUT2D eigenvalue weighted by atomic mass is 10.1. The van der Waals surface area contributed by atoms with E-state index in [1.807, 2.05) is 6.92 Å². The summed E-state index contributed by atoms with van der Waals surface area (Å²) in [5.41, 5.74) is 0. The maximum atomic E-state index is 11.1. The number of rotatable bonds is 3. The molecule has 1 amide bonds. The van der Waals surface area contributed by atoms with Crippen molar-refractivity contribution in [3.8, 4) is 0 Å². The van der Waals surface area contributed by atoms with Crippen LogP contribution in [0, 0.1) is 0 Å². The van der Waals surface area contributed by atoms with Gasteiger partial charge in [-0.15, -0.1) is 0 Å². The highest BCUT2D eigenvalue weighted by atomic mass is 16.1. The molecule has 0 aliphatic carbocycles. The Morgan fingerprint density at radius 2 is 2.50 bits per heavy atom. The van der Waals surface area contributed by atoms with Crippen LogP contribution in [0.2, 0.25) is 0 Å². The Kier molecular flexibility index (Phi) is 4.08. The zero-order valence-electron chi connectivity index (χ0n) is 7.68. The first-order chi connectivity index (χ1) is 5.83. The minimum atomic E-state index is 0.0752. The highest BCUT2D eigenvalue weighted by Gasteiger charge is 2.16. The molecule has 3 nitrogen and oxygen atoms in total. The van der Waals surface area contributed by atoms with Crippen LogP contribution in [-0.2, 0) is 4.79 Å². The lowest BCUT2D eigenvalue weighted by molar-refractivity contribution is -0.122. The molecule has 1 N–H and O–H groups in total. The van der Waals surface area contributed by atoms with Crippen molar-refractivity contribution in [2.45, 2.75) is 38.6 Å². The van der Waals surface area contributed by atoms with E-state index >= 15 is 0 Å². The van der Waals surface area contributed by atoms with Gasteiger partial charge >= 0.3 is 0 Å². The summed E-state index contributed by atoms with van der Waals surface area (Å²) in [5, 5.41) is 7.36. The smallest absolute Gasteiger partial charge is 0.241 e. The second kappa shape index (κ2) is 5.14. The minimum Gasteiger partial charge on any atom is -0.315 e. The van der Waals surface area contributed by atoms with Gasteiger partial charge in [0.2, 0.25) is 5.91 Å². The molecule has 3 heteroatoms. The molecule has 1 heterocycles. The van der Waals surface area contributed by atoms with Gasteiger partial charge in [0.1, 0.15) is 0 Å². The first-order valence-electron chi connectivity index (χ1n) is 4.77. The third-order valence-corrected chi connectivity index (χ3v) is 2.06. The minimum absolute atomic E-state index is 0.0752. The third-order valence-electron chi connectivity index (χ3n) is 2.06. The van der Waals surface area contributed by atoms with Gasteiger partial charge in [-0.25, -0.2) is 5.32 Å². The number of hydrogen-bond donors (Lipinski definition) is 1. The SMILES string of the molecule is CCCC(=O)[N]C1CCCNC1. The van der Waals surface area contributed by atoms with Crippen LogP contribution in [0.5, 0.6) is 0 Å². The first kappa shape index (κ1) is 9.52. The van der Waals surface area contributed by atoms with Crippen LogP contribution in [-0.4, -0.2) is 25.0 Å². The number of amides is 1. The highest BCUT2D eigenvalue weighted by Crippen LogP contribution is 2.03. The maximum absolute atomic E-state index is 11.1. The summed E-state index contributed by atoms with van der Waals surface area (Å²) in [4.78, 5) is 11.1. The second-order valence-corrected chi connectivity index (χ2v) is 3.27. The van der Waals surface area contributed by atoms with E-state index in [9.17, 15) is 4.79 Å². The maximum Gasteiger partial charge on any atom is 0.241 e. The Morgan fingerprint density at radius 3 is 3.08 bits per heavy atom. The van der Waals surface area contributed by atoms with Crippen LogP contribution < -0.4 is 10.6 Å². The second-order valence-electron chi connectivity index (χ2n) is 3.27. The average Bonchev–Trinajstić information content (AvgIpc) is 2.06. The van der Waals surface area contributed by atoms with E-state index < -0.39 is 0 Å². The Hall–Kier alpha value is -0.570. The normalized spacial score (nSPS) is 23.6. The monoisotopic (exact) mass is 169 g/mol. The van der Waals surface area contributed by atoms with Crippen LogP contribution in [0.3, 0.4) is 0 Å². The standard InChI is InChI=1S/C9H17N2O/c1-2-4-9(12)11-8-5-3-6-10-7-8/h8,10H,2-7H2,1H3. The molecule has 0 aromatic heterocycles. The summed E-state index contributed by atoms with van der Waals surface area (Å²) < 4.78 is 0.